The fourth-order valence-electron chi connectivity index (χ4n) is 2.46. The highest BCUT2D eigenvalue weighted by molar-refractivity contribution is 6.34. The van der Waals surface area contributed by atoms with E-state index in [-0.39, 0.29) is 23.2 Å². The molecule has 0 aliphatic carbocycles. The highest BCUT2D eigenvalue weighted by atomic mass is 35.5. The Balaban J connectivity index is 1.99. The van der Waals surface area contributed by atoms with Crippen LogP contribution in [0.4, 0.5) is 11.4 Å². The van der Waals surface area contributed by atoms with Crippen molar-refractivity contribution in [1.82, 2.24) is 0 Å². The van der Waals surface area contributed by atoms with Gasteiger partial charge in [0.15, 0.2) is 6.54 Å². The van der Waals surface area contributed by atoms with Crippen LogP contribution in [-0.4, -0.2) is 31.5 Å². The van der Waals surface area contributed by atoms with Gasteiger partial charge < -0.3 is 15.0 Å². The summed E-state index contributed by atoms with van der Waals surface area (Å²) < 4.78 is 5.30. The van der Waals surface area contributed by atoms with Crippen molar-refractivity contribution in [2.75, 3.05) is 26.0 Å². The molecule has 0 fully saturated rings. The van der Waals surface area contributed by atoms with Crippen LogP contribution in [0.1, 0.15) is 5.56 Å². The number of nitro benzene ring substituents is 1. The van der Waals surface area contributed by atoms with Gasteiger partial charge in [-0.25, -0.2) is 0 Å². The minimum atomic E-state index is -0.548. The molecule has 0 aliphatic heterocycles. The number of methoxy groups -OCH3 is 1. The second kappa shape index (κ2) is 8.84. The molecule has 9 heteroatoms. The van der Waals surface area contributed by atoms with Crippen LogP contribution in [0.15, 0.2) is 36.4 Å². The number of nitro groups is 1. The number of carbonyl (C=O) groups is 1. The van der Waals surface area contributed by atoms with Gasteiger partial charge in [-0.05, 0) is 24.3 Å². The van der Waals surface area contributed by atoms with Gasteiger partial charge in [-0.15, -0.1) is 0 Å². The number of rotatable bonds is 7. The number of non-ortho nitro benzene ring substituents is 1. The minimum absolute atomic E-state index is 0.113. The van der Waals surface area contributed by atoms with Crippen molar-refractivity contribution in [2.24, 2.45) is 0 Å². The first-order chi connectivity index (χ1) is 12.3. The van der Waals surface area contributed by atoms with E-state index in [2.05, 4.69) is 5.32 Å². The van der Waals surface area contributed by atoms with Gasteiger partial charge >= 0.3 is 0 Å². The van der Waals surface area contributed by atoms with Crippen molar-refractivity contribution in [3.63, 3.8) is 0 Å². The average molecular weight is 399 g/mol. The molecule has 2 aromatic carbocycles. The van der Waals surface area contributed by atoms with Crippen molar-refractivity contribution >= 4 is 40.5 Å². The molecule has 1 amide bonds. The zero-order chi connectivity index (χ0) is 19.3. The highest BCUT2D eigenvalue weighted by Gasteiger charge is 2.16. The van der Waals surface area contributed by atoms with Crippen LogP contribution < -0.4 is 15.0 Å². The summed E-state index contributed by atoms with van der Waals surface area (Å²) >= 11 is 12.0. The Labute approximate surface area is 160 Å². The Kier molecular flexibility index (Phi) is 6.79. The molecule has 2 rings (SSSR count). The van der Waals surface area contributed by atoms with Crippen molar-refractivity contribution in [1.29, 1.82) is 0 Å². The number of nitrogens with one attached hydrogen (secondary N) is 2. The predicted molar refractivity (Wildman–Crippen MR) is 100 cm³/mol. The van der Waals surface area contributed by atoms with Crippen LogP contribution in [-0.2, 0) is 11.3 Å². The Bertz CT molecular complexity index is 830. The van der Waals surface area contributed by atoms with Gasteiger partial charge in [0.2, 0.25) is 0 Å². The first kappa shape index (κ1) is 20.0. The first-order valence-corrected chi connectivity index (χ1v) is 8.43. The quantitative estimate of drug-likeness (QED) is 0.554. The maximum atomic E-state index is 12.2. The fraction of sp³-hybridized carbons (Fsp3) is 0.235. The normalized spacial score (nSPS) is 11.7. The molecule has 2 N–H and O–H groups in total. The highest BCUT2D eigenvalue weighted by Crippen LogP contribution is 2.26. The maximum Gasteiger partial charge on any atom is 0.279 e. The molecule has 0 saturated heterocycles. The van der Waals surface area contributed by atoms with Crippen LogP contribution in [0.2, 0.25) is 10.0 Å². The lowest BCUT2D eigenvalue weighted by molar-refractivity contribution is -0.885. The maximum absolute atomic E-state index is 12.2. The Morgan fingerprint density at radius 1 is 1.27 bits per heavy atom. The standard InChI is InChI=1S/C17H17Cl2N3O4/c1-21(9-11-7-12(18)3-6-16(11)26-2)10-17(23)20-15-5-4-13(22(24)25)8-14(15)19/h3-8H,9-10H2,1-2H3,(H,20,23)/p+1. The third-order valence-corrected chi connectivity index (χ3v) is 4.18. The van der Waals surface area contributed by atoms with E-state index in [0.717, 1.165) is 10.5 Å². The monoisotopic (exact) mass is 398 g/mol. The second-order valence-corrected chi connectivity index (χ2v) is 6.58. The van der Waals surface area contributed by atoms with E-state index in [4.69, 9.17) is 27.9 Å². The van der Waals surface area contributed by atoms with E-state index in [1.165, 1.54) is 18.2 Å². The second-order valence-electron chi connectivity index (χ2n) is 5.74. The molecular formula is C17H18Cl2N3O4+. The first-order valence-electron chi connectivity index (χ1n) is 7.67. The van der Waals surface area contributed by atoms with Crippen molar-refractivity contribution in [3.05, 3.63) is 62.1 Å². The van der Waals surface area contributed by atoms with Crippen LogP contribution >= 0.6 is 23.2 Å². The van der Waals surface area contributed by atoms with Gasteiger partial charge in [-0.2, -0.15) is 0 Å². The van der Waals surface area contributed by atoms with E-state index < -0.39 is 4.92 Å². The van der Waals surface area contributed by atoms with E-state index in [1.807, 2.05) is 7.05 Å². The van der Waals surface area contributed by atoms with Gasteiger partial charge in [0, 0.05) is 22.7 Å². The van der Waals surface area contributed by atoms with Gasteiger partial charge in [0.05, 0.1) is 29.8 Å². The molecule has 26 heavy (non-hydrogen) atoms. The van der Waals surface area contributed by atoms with Gasteiger partial charge in [-0.3, -0.25) is 14.9 Å². The summed E-state index contributed by atoms with van der Waals surface area (Å²) in [6.45, 7) is 0.703. The molecule has 1 atom stereocenters. The van der Waals surface area contributed by atoms with Crippen LogP contribution in [0, 0.1) is 10.1 Å². The minimum Gasteiger partial charge on any atom is -0.496 e. The SMILES string of the molecule is COc1ccc(Cl)cc1C[NH+](C)CC(=O)Nc1ccc([N+](=O)[O-])cc1Cl. The van der Waals surface area contributed by atoms with E-state index in [9.17, 15) is 14.9 Å². The summed E-state index contributed by atoms with van der Waals surface area (Å²) in [5.74, 6) is 0.437. The molecule has 0 spiro atoms. The third kappa shape index (κ3) is 5.32. The molecular weight excluding hydrogens is 381 g/mol. The fourth-order valence-corrected chi connectivity index (χ4v) is 2.88. The predicted octanol–water partition coefficient (Wildman–Crippen LogP) is 2.56. The van der Waals surface area contributed by atoms with E-state index in [1.54, 1.807) is 25.3 Å². The Morgan fingerprint density at radius 2 is 2.00 bits per heavy atom. The number of benzene rings is 2. The number of nitrogens with zero attached hydrogens (tertiary/aromatic N) is 1. The van der Waals surface area contributed by atoms with Crippen LogP contribution in [0.25, 0.3) is 0 Å². The number of carbonyl (C=O) groups excluding carboxylic acids is 1. The third-order valence-electron chi connectivity index (χ3n) is 3.63. The molecule has 0 aliphatic rings. The van der Waals surface area contributed by atoms with Crippen molar-refractivity contribution in [3.8, 4) is 5.75 Å². The number of halogens is 2. The van der Waals surface area contributed by atoms with E-state index in [0.29, 0.717) is 23.0 Å². The smallest absolute Gasteiger partial charge is 0.279 e. The van der Waals surface area contributed by atoms with E-state index >= 15 is 0 Å². The molecule has 2 aromatic rings. The molecule has 0 aromatic heterocycles. The molecule has 138 valence electrons. The topological polar surface area (TPSA) is 85.9 Å². The number of anilines is 1. The molecule has 0 heterocycles. The van der Waals surface area contributed by atoms with Gasteiger partial charge in [0.1, 0.15) is 12.3 Å². The molecule has 0 saturated carbocycles. The average Bonchev–Trinajstić information content (AvgIpc) is 2.56. The molecule has 0 radical (unpaired) electrons. The zero-order valence-electron chi connectivity index (χ0n) is 14.2. The van der Waals surface area contributed by atoms with Gasteiger partial charge in [0.25, 0.3) is 11.6 Å². The number of hydrogen-bond donors (Lipinski definition) is 2. The summed E-state index contributed by atoms with van der Waals surface area (Å²) in [5, 5.41) is 14.1. The number of hydrogen-bond acceptors (Lipinski definition) is 4. The number of ether oxygens (including phenoxy) is 1. The van der Waals surface area contributed by atoms with Crippen molar-refractivity contribution in [2.45, 2.75) is 6.54 Å². The largest absolute Gasteiger partial charge is 0.496 e. The molecule has 1 unspecified atom stereocenters. The Hall–Kier alpha value is -2.35. The lowest BCUT2D eigenvalue weighted by Crippen LogP contribution is -3.08. The van der Waals surface area contributed by atoms with Crippen molar-refractivity contribution < 1.29 is 19.4 Å². The summed E-state index contributed by atoms with van der Waals surface area (Å²) in [6, 6.07) is 9.21. The van der Waals surface area contributed by atoms with Gasteiger partial charge in [-0.1, -0.05) is 23.2 Å². The summed E-state index contributed by atoms with van der Waals surface area (Å²) in [4.78, 5) is 23.3. The van der Waals surface area contributed by atoms with Crippen LogP contribution in [0.3, 0.4) is 0 Å². The summed E-state index contributed by atoms with van der Waals surface area (Å²) in [6.07, 6.45) is 0. The number of likely N-dealkylation sites (N-methyl/N-ethyl adjacent to an activating group) is 1. The lowest BCUT2D eigenvalue weighted by Gasteiger charge is -2.16. The number of amides is 1. The summed E-state index contributed by atoms with van der Waals surface area (Å²) in [7, 11) is 3.43. The molecule has 7 nitrogen and oxygen atoms in total. The Morgan fingerprint density at radius 3 is 2.62 bits per heavy atom. The molecule has 0 bridgehead atoms. The zero-order valence-corrected chi connectivity index (χ0v) is 15.7. The number of quaternary nitrogens is 1. The lowest BCUT2D eigenvalue weighted by atomic mass is 10.2. The summed E-state index contributed by atoms with van der Waals surface area (Å²) in [5.41, 5.74) is 1.08. The van der Waals surface area contributed by atoms with Crippen LogP contribution in [0.5, 0.6) is 5.75 Å².